The summed E-state index contributed by atoms with van der Waals surface area (Å²) in [6.07, 6.45) is 2.29. The molecule has 4 rings (SSSR count). The van der Waals surface area contributed by atoms with E-state index in [9.17, 15) is 9.59 Å². The van der Waals surface area contributed by atoms with Crippen molar-refractivity contribution in [3.8, 4) is 0 Å². The maximum Gasteiger partial charge on any atom is 0.332 e. The van der Waals surface area contributed by atoms with Crippen LogP contribution in [0.15, 0.2) is 27.8 Å². The number of hydrogen-bond acceptors (Lipinski definition) is 4. The van der Waals surface area contributed by atoms with Crippen LogP contribution in [0.4, 0.5) is 0 Å². The van der Waals surface area contributed by atoms with Crippen molar-refractivity contribution in [3.05, 3.63) is 60.5 Å². The Balaban J connectivity index is 1.84. The molecule has 0 amide bonds. The van der Waals surface area contributed by atoms with E-state index in [1.807, 2.05) is 10.6 Å². The van der Waals surface area contributed by atoms with E-state index in [-0.39, 0.29) is 11.2 Å². The van der Waals surface area contributed by atoms with Gasteiger partial charge < -0.3 is 4.57 Å². The van der Waals surface area contributed by atoms with Gasteiger partial charge in [-0.05, 0) is 49.5 Å². The number of nitrogens with zero attached hydrogens (tertiary/aromatic N) is 5. The van der Waals surface area contributed by atoms with E-state index in [0.29, 0.717) is 34.3 Å². The van der Waals surface area contributed by atoms with Gasteiger partial charge in [0.2, 0.25) is 0 Å². The Kier molecular flexibility index (Phi) is 5.79. The summed E-state index contributed by atoms with van der Waals surface area (Å²) in [4.78, 5) is 32.5. The van der Waals surface area contributed by atoms with Crippen molar-refractivity contribution >= 4 is 34.4 Å². The Morgan fingerprint density at radius 2 is 1.73 bits per heavy atom. The zero-order chi connectivity index (χ0) is 21.6. The number of aromatic nitrogens is 4. The molecule has 0 aliphatic carbocycles. The van der Waals surface area contributed by atoms with Gasteiger partial charge in [-0.25, -0.2) is 9.78 Å². The molecule has 1 fully saturated rings. The molecule has 1 saturated heterocycles. The normalized spacial score (nSPS) is 15.9. The minimum atomic E-state index is -0.384. The molecule has 1 aromatic carbocycles. The molecular weight excluding hydrogens is 425 g/mol. The minimum Gasteiger partial charge on any atom is -0.317 e. The minimum absolute atomic E-state index is 0.348. The summed E-state index contributed by atoms with van der Waals surface area (Å²) >= 11 is 12.3. The second-order valence-electron chi connectivity index (χ2n) is 8.20. The maximum absolute atomic E-state index is 13.0. The SMILES string of the molecule is CC1CCN(Cc2nc3c(c(=O)n(C)c(=O)n3C)n2Cc2ccc(Cl)c(Cl)c2)CC1. The van der Waals surface area contributed by atoms with E-state index in [2.05, 4.69) is 11.8 Å². The molecule has 0 radical (unpaired) electrons. The first kappa shape index (κ1) is 21.2. The summed E-state index contributed by atoms with van der Waals surface area (Å²) in [6, 6.07) is 5.44. The first-order valence-corrected chi connectivity index (χ1v) is 10.8. The Hall–Kier alpha value is -2.09. The van der Waals surface area contributed by atoms with Gasteiger partial charge in [-0.2, -0.15) is 0 Å². The average molecular weight is 450 g/mol. The van der Waals surface area contributed by atoms with Gasteiger partial charge in [-0.15, -0.1) is 0 Å². The van der Waals surface area contributed by atoms with Crippen LogP contribution in [0.2, 0.25) is 10.0 Å². The number of imidazole rings is 1. The predicted molar refractivity (Wildman–Crippen MR) is 119 cm³/mol. The van der Waals surface area contributed by atoms with Crippen molar-refractivity contribution in [2.45, 2.75) is 32.9 Å². The van der Waals surface area contributed by atoms with Crippen molar-refractivity contribution in [3.63, 3.8) is 0 Å². The molecule has 1 aliphatic heterocycles. The monoisotopic (exact) mass is 449 g/mol. The lowest BCUT2D eigenvalue weighted by Crippen LogP contribution is -2.37. The quantitative estimate of drug-likeness (QED) is 0.613. The predicted octanol–water partition coefficient (Wildman–Crippen LogP) is 3.02. The number of rotatable bonds is 4. The van der Waals surface area contributed by atoms with Crippen LogP contribution < -0.4 is 11.2 Å². The number of piperidine rings is 1. The largest absolute Gasteiger partial charge is 0.332 e. The number of likely N-dealkylation sites (tertiary alicyclic amines) is 1. The Morgan fingerprint density at radius 3 is 2.40 bits per heavy atom. The molecule has 2 aromatic heterocycles. The van der Waals surface area contributed by atoms with Gasteiger partial charge >= 0.3 is 5.69 Å². The number of benzene rings is 1. The molecule has 0 spiro atoms. The van der Waals surface area contributed by atoms with Gasteiger partial charge in [0.1, 0.15) is 5.82 Å². The van der Waals surface area contributed by atoms with Crippen molar-refractivity contribution in [1.29, 1.82) is 0 Å². The van der Waals surface area contributed by atoms with Gasteiger partial charge in [-0.3, -0.25) is 18.8 Å². The summed E-state index contributed by atoms with van der Waals surface area (Å²) in [5.74, 6) is 1.49. The topological polar surface area (TPSA) is 65.1 Å². The van der Waals surface area contributed by atoms with E-state index >= 15 is 0 Å². The summed E-state index contributed by atoms with van der Waals surface area (Å²) in [5, 5.41) is 0.947. The Morgan fingerprint density at radius 1 is 1.03 bits per heavy atom. The highest BCUT2D eigenvalue weighted by molar-refractivity contribution is 6.42. The third-order valence-electron chi connectivity index (χ3n) is 5.99. The zero-order valence-electron chi connectivity index (χ0n) is 17.4. The first-order valence-electron chi connectivity index (χ1n) is 10.1. The highest BCUT2D eigenvalue weighted by Gasteiger charge is 2.23. The first-order chi connectivity index (χ1) is 14.3. The van der Waals surface area contributed by atoms with Crippen LogP contribution in [0, 0.1) is 5.92 Å². The molecule has 0 bridgehead atoms. The highest BCUT2D eigenvalue weighted by atomic mass is 35.5. The summed E-state index contributed by atoms with van der Waals surface area (Å²) < 4.78 is 4.47. The summed E-state index contributed by atoms with van der Waals surface area (Å²) in [6.45, 7) is 5.30. The van der Waals surface area contributed by atoms with Gasteiger partial charge in [0, 0.05) is 20.6 Å². The third kappa shape index (κ3) is 3.82. The molecule has 9 heteroatoms. The van der Waals surface area contributed by atoms with Crippen LogP contribution in [-0.4, -0.2) is 36.7 Å². The standard InChI is InChI=1S/C21H25Cl2N5O2/c1-13-6-8-27(9-7-13)12-17-24-19-18(20(29)26(3)21(30)25(19)2)28(17)11-14-4-5-15(22)16(23)10-14/h4-5,10,13H,6-9,11-12H2,1-3H3. The second kappa shape index (κ2) is 8.21. The lowest BCUT2D eigenvalue weighted by Gasteiger charge is -2.29. The second-order valence-corrected chi connectivity index (χ2v) is 9.01. The van der Waals surface area contributed by atoms with Crippen molar-refractivity contribution in [2.75, 3.05) is 13.1 Å². The molecule has 0 unspecified atom stereocenters. The fourth-order valence-electron chi connectivity index (χ4n) is 4.02. The van der Waals surface area contributed by atoms with E-state index in [1.165, 1.54) is 11.6 Å². The molecule has 0 atom stereocenters. The van der Waals surface area contributed by atoms with Crippen LogP contribution in [0.3, 0.4) is 0 Å². The number of aryl methyl sites for hydroxylation is 1. The van der Waals surface area contributed by atoms with E-state index in [1.54, 1.807) is 19.2 Å². The van der Waals surface area contributed by atoms with Crippen LogP contribution >= 0.6 is 23.2 Å². The fraction of sp³-hybridized carbons (Fsp3) is 0.476. The maximum atomic E-state index is 13.0. The summed E-state index contributed by atoms with van der Waals surface area (Å²) in [5.41, 5.74) is 1.01. The van der Waals surface area contributed by atoms with Gasteiger partial charge in [0.05, 0.1) is 16.6 Å². The fourth-order valence-corrected chi connectivity index (χ4v) is 4.34. The van der Waals surface area contributed by atoms with Crippen molar-refractivity contribution < 1.29 is 0 Å². The smallest absolute Gasteiger partial charge is 0.317 e. The highest BCUT2D eigenvalue weighted by Crippen LogP contribution is 2.25. The van der Waals surface area contributed by atoms with E-state index < -0.39 is 0 Å². The van der Waals surface area contributed by atoms with Crippen LogP contribution in [-0.2, 0) is 27.2 Å². The van der Waals surface area contributed by atoms with Crippen molar-refractivity contribution in [1.82, 2.24) is 23.6 Å². The third-order valence-corrected chi connectivity index (χ3v) is 6.73. The van der Waals surface area contributed by atoms with Gasteiger partial charge in [-0.1, -0.05) is 36.2 Å². The zero-order valence-corrected chi connectivity index (χ0v) is 18.9. The van der Waals surface area contributed by atoms with Crippen LogP contribution in [0.25, 0.3) is 11.2 Å². The number of hydrogen-bond donors (Lipinski definition) is 0. The van der Waals surface area contributed by atoms with Crippen LogP contribution in [0.5, 0.6) is 0 Å². The molecule has 0 N–H and O–H groups in total. The molecule has 0 saturated carbocycles. The molecule has 3 aromatic rings. The molecule has 7 nitrogen and oxygen atoms in total. The molecule has 3 heterocycles. The summed E-state index contributed by atoms with van der Waals surface area (Å²) in [7, 11) is 3.14. The van der Waals surface area contributed by atoms with Gasteiger partial charge in [0.15, 0.2) is 11.2 Å². The average Bonchev–Trinajstić information content (AvgIpc) is 3.07. The lowest BCUT2D eigenvalue weighted by molar-refractivity contribution is 0.180. The number of halogens is 2. The molecule has 1 aliphatic rings. The van der Waals surface area contributed by atoms with Gasteiger partial charge in [0.25, 0.3) is 5.56 Å². The van der Waals surface area contributed by atoms with Crippen LogP contribution in [0.1, 0.15) is 31.2 Å². The van der Waals surface area contributed by atoms with Crippen molar-refractivity contribution in [2.24, 2.45) is 20.0 Å². The Labute approximate surface area is 184 Å². The molecule has 160 valence electrons. The molecular formula is C21H25Cl2N5O2. The van der Waals surface area contributed by atoms with E-state index in [4.69, 9.17) is 28.2 Å². The van der Waals surface area contributed by atoms with E-state index in [0.717, 1.165) is 47.8 Å². The number of fused-ring (bicyclic) bond motifs is 1. The molecule has 30 heavy (non-hydrogen) atoms. The Bertz CT molecular complexity index is 1220. The lowest BCUT2D eigenvalue weighted by atomic mass is 9.99.